The van der Waals surface area contributed by atoms with E-state index in [0.29, 0.717) is 30.3 Å². The van der Waals surface area contributed by atoms with Crippen LogP contribution in [0.3, 0.4) is 0 Å². The van der Waals surface area contributed by atoms with Crippen molar-refractivity contribution in [3.63, 3.8) is 0 Å². The third-order valence-corrected chi connectivity index (χ3v) is 5.26. The number of nitrogens with one attached hydrogen (secondary N) is 2. The molecule has 29 heavy (non-hydrogen) atoms. The van der Waals surface area contributed by atoms with Crippen molar-refractivity contribution in [2.75, 3.05) is 26.0 Å². The summed E-state index contributed by atoms with van der Waals surface area (Å²) in [5.74, 6) is 1.86. The van der Waals surface area contributed by atoms with Crippen molar-refractivity contribution < 1.29 is 9.13 Å². The molecule has 3 heterocycles. The quantitative estimate of drug-likeness (QED) is 0.575. The van der Waals surface area contributed by atoms with Gasteiger partial charge in [-0.15, -0.1) is 0 Å². The van der Waals surface area contributed by atoms with E-state index in [4.69, 9.17) is 14.8 Å². The zero-order valence-corrected chi connectivity index (χ0v) is 17.0. The Bertz CT molecular complexity index is 986. The summed E-state index contributed by atoms with van der Waals surface area (Å²) in [5, 5.41) is 11.1. The second-order valence-corrected chi connectivity index (χ2v) is 7.43. The molecule has 0 bridgehead atoms. The zero-order chi connectivity index (χ0) is 20.4. The van der Waals surface area contributed by atoms with Crippen LogP contribution in [-0.2, 0) is 0 Å². The number of nitrogens with zero attached hydrogens (tertiary/aromatic N) is 4. The summed E-state index contributed by atoms with van der Waals surface area (Å²) in [5.41, 5.74) is 3.21. The number of methoxy groups -OCH3 is 1. The molecule has 7 nitrogen and oxygen atoms in total. The lowest BCUT2D eigenvalue weighted by molar-refractivity contribution is 0.282. The van der Waals surface area contributed by atoms with Crippen LogP contribution in [0.5, 0.6) is 5.75 Å². The average Bonchev–Trinajstić information content (AvgIpc) is 3.51. The van der Waals surface area contributed by atoms with Gasteiger partial charge in [0.05, 0.1) is 25.0 Å². The molecule has 2 unspecified atom stereocenters. The first-order valence-corrected chi connectivity index (χ1v) is 10.1. The van der Waals surface area contributed by atoms with Gasteiger partial charge in [-0.2, -0.15) is 5.10 Å². The predicted molar refractivity (Wildman–Crippen MR) is 111 cm³/mol. The van der Waals surface area contributed by atoms with Crippen LogP contribution < -0.4 is 15.4 Å². The fourth-order valence-electron chi connectivity index (χ4n) is 3.51. The highest BCUT2D eigenvalue weighted by atomic mass is 19.1. The molecule has 0 saturated heterocycles. The van der Waals surface area contributed by atoms with E-state index < -0.39 is 6.17 Å². The molecule has 0 aliphatic heterocycles. The van der Waals surface area contributed by atoms with Crippen LogP contribution in [-0.4, -0.2) is 52.5 Å². The van der Waals surface area contributed by atoms with Gasteiger partial charge in [-0.3, -0.25) is 0 Å². The summed E-state index contributed by atoms with van der Waals surface area (Å²) in [6, 6.07) is 7.25. The number of hydrogen-bond acceptors (Lipinski definition) is 6. The molecule has 1 fully saturated rings. The second-order valence-electron chi connectivity index (χ2n) is 7.43. The first-order valence-electron chi connectivity index (χ1n) is 10.1. The molecule has 0 spiro atoms. The van der Waals surface area contributed by atoms with Gasteiger partial charge in [0.15, 0.2) is 5.65 Å². The molecule has 4 rings (SSSR count). The summed E-state index contributed by atoms with van der Waals surface area (Å²) >= 11 is 0. The highest BCUT2D eigenvalue weighted by Gasteiger charge is 2.30. The van der Waals surface area contributed by atoms with Gasteiger partial charge in [0.1, 0.15) is 29.1 Å². The molecule has 3 aromatic heterocycles. The normalized spacial score (nSPS) is 16.0. The molecule has 1 aliphatic rings. The Kier molecular flexibility index (Phi) is 5.62. The average molecular weight is 398 g/mol. The lowest BCUT2D eigenvalue weighted by atomic mass is 10.1. The molecule has 1 aliphatic carbocycles. The maximum absolute atomic E-state index is 14.3. The lowest BCUT2D eigenvalue weighted by Gasteiger charge is -2.22. The summed E-state index contributed by atoms with van der Waals surface area (Å²) in [6.45, 7) is 2.36. The Morgan fingerprint density at radius 3 is 2.86 bits per heavy atom. The Labute approximate surface area is 169 Å². The molecule has 8 heteroatoms. The van der Waals surface area contributed by atoms with Crippen LogP contribution in [0.1, 0.15) is 37.8 Å². The van der Waals surface area contributed by atoms with Crippen LogP contribution in [0.25, 0.3) is 17.0 Å². The highest BCUT2D eigenvalue weighted by molar-refractivity contribution is 5.62. The minimum absolute atomic E-state index is 0.348. The Morgan fingerprint density at radius 1 is 1.34 bits per heavy atom. The van der Waals surface area contributed by atoms with Gasteiger partial charge in [0.2, 0.25) is 0 Å². The smallest absolute Gasteiger partial charge is 0.157 e. The van der Waals surface area contributed by atoms with E-state index in [0.717, 1.165) is 35.7 Å². The first kappa shape index (κ1) is 19.6. The Morgan fingerprint density at radius 2 is 2.17 bits per heavy atom. The fourth-order valence-corrected chi connectivity index (χ4v) is 3.51. The van der Waals surface area contributed by atoms with Crippen molar-refractivity contribution in [3.8, 4) is 17.1 Å². The van der Waals surface area contributed by atoms with Crippen LogP contribution >= 0.6 is 0 Å². The van der Waals surface area contributed by atoms with E-state index in [9.17, 15) is 4.39 Å². The molecule has 3 aromatic rings. The van der Waals surface area contributed by atoms with Gasteiger partial charge in [0.25, 0.3) is 0 Å². The molecular weight excluding hydrogens is 371 g/mol. The number of fused-ring (bicyclic) bond motifs is 1. The number of ether oxygens (including phenoxy) is 1. The van der Waals surface area contributed by atoms with E-state index in [-0.39, 0.29) is 6.04 Å². The minimum atomic E-state index is -0.959. The number of alkyl halides is 1. The van der Waals surface area contributed by atoms with Gasteiger partial charge in [-0.05, 0) is 38.4 Å². The van der Waals surface area contributed by atoms with Crippen molar-refractivity contribution in [2.45, 2.75) is 44.3 Å². The number of imidazole rings is 1. The van der Waals surface area contributed by atoms with E-state index in [1.54, 1.807) is 13.3 Å². The van der Waals surface area contributed by atoms with Crippen molar-refractivity contribution in [1.82, 2.24) is 24.9 Å². The summed E-state index contributed by atoms with van der Waals surface area (Å²) in [7, 11) is 3.48. The van der Waals surface area contributed by atoms with E-state index in [1.807, 2.05) is 42.8 Å². The summed E-state index contributed by atoms with van der Waals surface area (Å²) in [4.78, 5) is 9.18. The van der Waals surface area contributed by atoms with Crippen LogP contribution in [0.4, 0.5) is 10.2 Å². The summed E-state index contributed by atoms with van der Waals surface area (Å²) < 4.78 is 21.6. The second kappa shape index (κ2) is 8.32. The third-order valence-electron chi connectivity index (χ3n) is 5.26. The van der Waals surface area contributed by atoms with E-state index in [1.165, 1.54) is 0 Å². The first-order chi connectivity index (χ1) is 14.1. The molecule has 154 valence electrons. The van der Waals surface area contributed by atoms with Crippen molar-refractivity contribution in [2.24, 2.45) is 0 Å². The van der Waals surface area contributed by atoms with Gasteiger partial charge in [-0.25, -0.2) is 18.9 Å². The largest absolute Gasteiger partial charge is 0.495 e. The van der Waals surface area contributed by atoms with Gasteiger partial charge < -0.3 is 15.4 Å². The highest BCUT2D eigenvalue weighted by Crippen LogP contribution is 2.43. The number of rotatable bonds is 9. The molecule has 0 amide bonds. The molecule has 0 radical (unpaired) electrons. The minimum Gasteiger partial charge on any atom is -0.495 e. The Balaban J connectivity index is 1.67. The standard InChI is InChI=1S/C21H27FN6O/c1-4-14(22)16(11-23-2)26-19-7-5-6-15(25-19)17-12-24-20-10-18(29-3)21(13-8-9-13)27-28(17)20/h5-7,10,12-14,16,23H,4,8-9,11H2,1-3H3,(H,25,26). The fraction of sp³-hybridized carbons (Fsp3) is 0.476. The number of aromatic nitrogens is 4. The molecule has 0 aromatic carbocycles. The molecular formula is C21H27FN6O. The van der Waals surface area contributed by atoms with Gasteiger partial charge in [-0.1, -0.05) is 13.0 Å². The number of anilines is 1. The molecule has 2 N–H and O–H groups in total. The summed E-state index contributed by atoms with van der Waals surface area (Å²) in [6.07, 6.45) is 3.51. The van der Waals surface area contributed by atoms with Crippen molar-refractivity contribution in [3.05, 3.63) is 36.2 Å². The maximum Gasteiger partial charge on any atom is 0.157 e. The number of hydrogen-bond donors (Lipinski definition) is 2. The SMILES string of the molecule is CCC(F)C(CNC)Nc1cccc(-c2cnc3cc(OC)c(C4CC4)nn23)n1. The lowest BCUT2D eigenvalue weighted by Crippen LogP contribution is -2.39. The van der Waals surface area contributed by atoms with Crippen molar-refractivity contribution >= 4 is 11.5 Å². The number of pyridine rings is 1. The van der Waals surface area contributed by atoms with Crippen molar-refractivity contribution in [1.29, 1.82) is 0 Å². The predicted octanol–water partition coefficient (Wildman–Crippen LogP) is 3.43. The maximum atomic E-state index is 14.3. The monoisotopic (exact) mass is 398 g/mol. The van der Waals surface area contributed by atoms with Crippen LogP contribution in [0.15, 0.2) is 30.5 Å². The number of likely N-dealkylation sites (N-methyl/N-ethyl adjacent to an activating group) is 1. The van der Waals surface area contributed by atoms with Gasteiger partial charge in [0, 0.05) is 18.5 Å². The molecule has 2 atom stereocenters. The van der Waals surface area contributed by atoms with Gasteiger partial charge >= 0.3 is 0 Å². The van der Waals surface area contributed by atoms with Crippen LogP contribution in [0, 0.1) is 0 Å². The topological polar surface area (TPSA) is 76.4 Å². The van der Waals surface area contributed by atoms with E-state index in [2.05, 4.69) is 15.6 Å². The third kappa shape index (κ3) is 4.03. The Hall–Kier alpha value is -2.74. The number of halogens is 1. The molecule has 1 saturated carbocycles. The van der Waals surface area contributed by atoms with E-state index >= 15 is 0 Å². The van der Waals surface area contributed by atoms with Crippen LogP contribution in [0.2, 0.25) is 0 Å². The zero-order valence-electron chi connectivity index (χ0n) is 17.0.